The topological polar surface area (TPSA) is 12.4 Å². The molecule has 3 heteroatoms. The molecule has 2 bridgehead atoms. The minimum Gasteiger partial charge on any atom is -1.00 e. The van der Waals surface area contributed by atoms with Gasteiger partial charge >= 0.3 is 0 Å². The van der Waals surface area contributed by atoms with Crippen molar-refractivity contribution in [3.8, 4) is 0 Å². The molecule has 2 nitrogen and oxygen atoms in total. The fraction of sp³-hybridized carbons (Fsp3) is 0.900. The minimum absolute atomic E-state index is 0. The van der Waals surface area contributed by atoms with Crippen LogP contribution in [0, 0.1) is 11.8 Å². The molecule has 2 saturated carbocycles. The zero-order valence-electron chi connectivity index (χ0n) is 8.76. The predicted octanol–water partition coefficient (Wildman–Crippen LogP) is -1.13. The molecule has 0 spiro atoms. The lowest BCUT2D eigenvalue weighted by molar-refractivity contribution is -0.877. The lowest BCUT2D eigenvalue weighted by Gasteiger charge is -2.19. The van der Waals surface area contributed by atoms with Gasteiger partial charge in [0.1, 0.15) is 0 Å². The minimum atomic E-state index is 0. The average molecular weight is 294 g/mol. The van der Waals surface area contributed by atoms with E-state index in [0.717, 1.165) is 16.4 Å². The van der Waals surface area contributed by atoms with Crippen LogP contribution in [0.25, 0.3) is 0 Å². The Hall–Kier alpha value is 0.360. The molecule has 0 aromatic rings. The van der Waals surface area contributed by atoms with Gasteiger partial charge in [0.05, 0.1) is 26.9 Å². The maximum Gasteiger partial charge on any atom is 0.0923 e. The summed E-state index contributed by atoms with van der Waals surface area (Å²) >= 11 is 0. The highest BCUT2D eigenvalue weighted by atomic mass is 127. The third-order valence-electron chi connectivity index (χ3n) is 2.94. The maximum atomic E-state index is 4.75. The molecule has 0 N–H and O–H groups in total. The molecule has 13 heavy (non-hydrogen) atoms. The van der Waals surface area contributed by atoms with Crippen molar-refractivity contribution in [3.05, 3.63) is 0 Å². The molecule has 0 saturated heterocycles. The summed E-state index contributed by atoms with van der Waals surface area (Å²) in [5, 5.41) is 4.75. The summed E-state index contributed by atoms with van der Waals surface area (Å²) in [6, 6.07) is 0. The Labute approximate surface area is 98.0 Å². The molecule has 2 fully saturated rings. The Morgan fingerprint density at radius 3 is 2.31 bits per heavy atom. The number of hydrogen-bond donors (Lipinski definition) is 0. The van der Waals surface area contributed by atoms with Gasteiger partial charge in [0, 0.05) is 5.92 Å². The highest BCUT2D eigenvalue weighted by Gasteiger charge is 2.38. The van der Waals surface area contributed by atoms with Crippen molar-refractivity contribution in [3.63, 3.8) is 0 Å². The van der Waals surface area contributed by atoms with E-state index >= 15 is 0 Å². The second-order valence-corrected chi connectivity index (χ2v) is 5.11. The largest absolute Gasteiger partial charge is 1.00 e. The van der Waals surface area contributed by atoms with Gasteiger partial charge in [0.15, 0.2) is 0 Å². The van der Waals surface area contributed by atoms with Crippen LogP contribution in [0.15, 0.2) is 5.10 Å². The normalized spacial score (nSPS) is 35.2. The highest BCUT2D eigenvalue weighted by Crippen LogP contribution is 2.42. The van der Waals surface area contributed by atoms with E-state index in [0.29, 0.717) is 0 Å². The Bertz CT molecular complexity index is 217. The zero-order chi connectivity index (χ0) is 8.77. The molecule has 2 atom stereocenters. The number of fused-ring (bicyclic) bond motifs is 2. The number of halogens is 1. The molecule has 2 aliphatic rings. The summed E-state index contributed by atoms with van der Waals surface area (Å²) in [5.41, 5.74) is 1.50. The quantitative estimate of drug-likeness (QED) is 0.330. The number of quaternary nitrogens is 1. The predicted molar refractivity (Wildman–Crippen MR) is 50.9 cm³/mol. The van der Waals surface area contributed by atoms with E-state index < -0.39 is 0 Å². The summed E-state index contributed by atoms with van der Waals surface area (Å²) in [6.45, 7) is 0. The number of nitrogens with zero attached hydrogens (tertiary/aromatic N) is 2. The van der Waals surface area contributed by atoms with E-state index in [1.165, 1.54) is 31.4 Å². The number of hydrogen-bond acceptors (Lipinski definition) is 1. The molecule has 0 radical (unpaired) electrons. The summed E-state index contributed by atoms with van der Waals surface area (Å²) in [4.78, 5) is 0. The van der Waals surface area contributed by atoms with Crippen molar-refractivity contribution in [2.45, 2.75) is 25.7 Å². The van der Waals surface area contributed by atoms with E-state index in [2.05, 4.69) is 21.1 Å². The first-order chi connectivity index (χ1) is 5.54. The van der Waals surface area contributed by atoms with Gasteiger partial charge in [-0.15, -0.1) is 0 Å². The van der Waals surface area contributed by atoms with Crippen LogP contribution in [0.5, 0.6) is 0 Å². The van der Waals surface area contributed by atoms with E-state index in [-0.39, 0.29) is 24.0 Å². The molecule has 0 aliphatic heterocycles. The lowest BCUT2D eigenvalue weighted by Crippen LogP contribution is -3.00. The van der Waals surface area contributed by atoms with Crippen molar-refractivity contribution in [1.82, 2.24) is 0 Å². The van der Waals surface area contributed by atoms with Crippen LogP contribution in [0.1, 0.15) is 25.7 Å². The monoisotopic (exact) mass is 294 g/mol. The van der Waals surface area contributed by atoms with Crippen molar-refractivity contribution < 1.29 is 28.6 Å². The van der Waals surface area contributed by atoms with Gasteiger partial charge in [0.25, 0.3) is 0 Å². The molecule has 0 amide bonds. The SMILES string of the molecule is C[N+](C)(C)/N=C1\CC2CCC1C2.[I-]. The third-order valence-corrected chi connectivity index (χ3v) is 2.94. The standard InChI is InChI=1S/C10H19N2.HI/c1-12(2,3)11-10-7-8-4-5-9(10)6-8;/h8-9H,4-7H2,1-3H3;1H/q+1;/p-1/b11-10+;. The van der Waals surface area contributed by atoms with Gasteiger partial charge in [0.2, 0.25) is 0 Å². The van der Waals surface area contributed by atoms with Crippen molar-refractivity contribution in [2.75, 3.05) is 21.1 Å². The molecule has 76 valence electrons. The van der Waals surface area contributed by atoms with Gasteiger partial charge in [-0.3, -0.25) is 0 Å². The molecule has 0 aromatic heterocycles. The van der Waals surface area contributed by atoms with E-state index in [1.54, 1.807) is 0 Å². The van der Waals surface area contributed by atoms with E-state index in [4.69, 9.17) is 5.10 Å². The van der Waals surface area contributed by atoms with Crippen LogP contribution in [-0.2, 0) is 0 Å². The smallest absolute Gasteiger partial charge is 0.0923 e. The highest BCUT2D eigenvalue weighted by molar-refractivity contribution is 5.89. The fourth-order valence-corrected chi connectivity index (χ4v) is 2.53. The first-order valence-corrected chi connectivity index (χ1v) is 4.95. The van der Waals surface area contributed by atoms with Gasteiger partial charge < -0.3 is 24.0 Å². The second kappa shape index (κ2) is 3.85. The zero-order valence-corrected chi connectivity index (χ0v) is 10.9. The Kier molecular flexibility index (Phi) is 3.38. The van der Waals surface area contributed by atoms with Crippen LogP contribution in [0.2, 0.25) is 0 Å². The Morgan fingerprint density at radius 1 is 1.23 bits per heavy atom. The van der Waals surface area contributed by atoms with Crippen LogP contribution >= 0.6 is 0 Å². The van der Waals surface area contributed by atoms with E-state index in [9.17, 15) is 0 Å². The maximum absolute atomic E-state index is 4.75. The molecule has 2 aliphatic carbocycles. The van der Waals surface area contributed by atoms with Crippen LogP contribution in [0.4, 0.5) is 0 Å². The Balaban J connectivity index is 0.000000845. The first kappa shape index (κ1) is 11.4. The van der Waals surface area contributed by atoms with Crippen molar-refractivity contribution in [1.29, 1.82) is 0 Å². The van der Waals surface area contributed by atoms with Gasteiger partial charge in [-0.2, -0.15) is 0 Å². The van der Waals surface area contributed by atoms with Crippen LogP contribution < -0.4 is 24.0 Å². The van der Waals surface area contributed by atoms with Crippen LogP contribution in [0.3, 0.4) is 0 Å². The van der Waals surface area contributed by atoms with Crippen LogP contribution in [-0.4, -0.2) is 31.4 Å². The van der Waals surface area contributed by atoms with E-state index in [1.807, 2.05) is 0 Å². The summed E-state index contributed by atoms with van der Waals surface area (Å²) in [7, 11) is 6.41. The lowest BCUT2D eigenvalue weighted by atomic mass is 9.99. The average Bonchev–Trinajstić information content (AvgIpc) is 2.42. The molecule has 0 heterocycles. The van der Waals surface area contributed by atoms with Crippen molar-refractivity contribution >= 4 is 5.71 Å². The second-order valence-electron chi connectivity index (χ2n) is 5.11. The molecular formula is C10H19IN2. The van der Waals surface area contributed by atoms with Gasteiger partial charge in [-0.05, 0) is 31.6 Å². The van der Waals surface area contributed by atoms with Gasteiger partial charge in [-0.25, -0.2) is 4.59 Å². The molecule has 2 unspecified atom stereocenters. The molecule has 2 rings (SSSR count). The summed E-state index contributed by atoms with van der Waals surface area (Å²) < 4.78 is 0.749. The molecule has 0 aromatic carbocycles. The summed E-state index contributed by atoms with van der Waals surface area (Å²) in [6.07, 6.45) is 5.59. The first-order valence-electron chi connectivity index (χ1n) is 4.95. The number of rotatable bonds is 1. The fourth-order valence-electron chi connectivity index (χ4n) is 2.53. The van der Waals surface area contributed by atoms with Crippen molar-refractivity contribution in [2.24, 2.45) is 16.9 Å². The summed E-state index contributed by atoms with van der Waals surface area (Å²) in [5.74, 6) is 1.84. The Morgan fingerprint density at radius 2 is 1.92 bits per heavy atom. The molecular weight excluding hydrogens is 275 g/mol. The third kappa shape index (κ3) is 2.65. The van der Waals surface area contributed by atoms with Gasteiger partial charge in [-0.1, -0.05) is 5.10 Å².